The molecule has 3 heterocycles. The lowest BCUT2D eigenvalue weighted by Gasteiger charge is -2.23. The van der Waals surface area contributed by atoms with Crippen LogP contribution in [0.25, 0.3) is 22.2 Å². The third-order valence-corrected chi connectivity index (χ3v) is 4.33. The number of benzene rings is 1. The highest BCUT2D eigenvalue weighted by Gasteiger charge is 2.24. The first-order valence-corrected chi connectivity index (χ1v) is 7.43. The molecule has 114 valence electrons. The number of aromatic nitrogens is 2. The Morgan fingerprint density at radius 3 is 2.78 bits per heavy atom. The molecule has 1 N–H and O–H groups in total. The first-order chi connectivity index (χ1) is 11.1. The first kappa shape index (κ1) is 13.7. The molecule has 0 fully saturated rings. The van der Waals surface area contributed by atoms with Gasteiger partial charge in [0, 0.05) is 19.0 Å². The maximum absolute atomic E-state index is 12.7. The number of fused-ring (bicyclic) bond motifs is 4. The van der Waals surface area contributed by atoms with Gasteiger partial charge in [-0.05, 0) is 24.1 Å². The number of nitrogens with zero attached hydrogens (tertiary/aromatic N) is 2. The molecule has 0 atom stereocenters. The van der Waals surface area contributed by atoms with Gasteiger partial charge in [0.15, 0.2) is 11.5 Å². The second-order valence-corrected chi connectivity index (χ2v) is 5.71. The van der Waals surface area contributed by atoms with Crippen LogP contribution in [0.2, 0.25) is 0 Å². The van der Waals surface area contributed by atoms with E-state index in [0.29, 0.717) is 17.6 Å². The maximum atomic E-state index is 12.7. The van der Waals surface area contributed by atoms with Gasteiger partial charge in [0.2, 0.25) is 0 Å². The highest BCUT2D eigenvalue weighted by atomic mass is 16.3. The van der Waals surface area contributed by atoms with Crippen molar-refractivity contribution in [3.8, 4) is 17.0 Å². The number of aromatic hydroxyl groups is 1. The molecule has 2 aromatic heterocycles. The Morgan fingerprint density at radius 1 is 1.22 bits per heavy atom. The van der Waals surface area contributed by atoms with Crippen LogP contribution < -0.4 is 5.56 Å². The summed E-state index contributed by atoms with van der Waals surface area (Å²) in [5.41, 5.74) is 2.64. The second-order valence-electron chi connectivity index (χ2n) is 5.71. The predicted molar refractivity (Wildman–Crippen MR) is 86.8 cm³/mol. The fourth-order valence-corrected chi connectivity index (χ4v) is 3.18. The molecule has 0 aliphatic carbocycles. The van der Waals surface area contributed by atoms with Crippen molar-refractivity contribution in [1.82, 2.24) is 9.55 Å². The summed E-state index contributed by atoms with van der Waals surface area (Å²) < 4.78 is 1.59. The SMILES string of the molecule is CC(=O)c1ccc2c(=O)n3c(c(O)c2n1)-c1ccccc1CC3. The van der Waals surface area contributed by atoms with Gasteiger partial charge in [0.05, 0.1) is 11.1 Å². The van der Waals surface area contributed by atoms with Crippen molar-refractivity contribution >= 4 is 16.7 Å². The average Bonchev–Trinajstić information content (AvgIpc) is 2.58. The largest absolute Gasteiger partial charge is 0.504 e. The van der Waals surface area contributed by atoms with Crippen LogP contribution in [0.4, 0.5) is 0 Å². The summed E-state index contributed by atoms with van der Waals surface area (Å²) in [4.78, 5) is 28.5. The van der Waals surface area contributed by atoms with E-state index >= 15 is 0 Å². The Kier molecular flexibility index (Phi) is 2.84. The second kappa shape index (κ2) is 4.78. The van der Waals surface area contributed by atoms with Crippen molar-refractivity contribution in [2.75, 3.05) is 0 Å². The number of carbonyl (C=O) groups is 1. The molecule has 0 amide bonds. The highest BCUT2D eigenvalue weighted by molar-refractivity contribution is 5.97. The number of hydrogen-bond acceptors (Lipinski definition) is 4. The summed E-state index contributed by atoms with van der Waals surface area (Å²) in [6, 6.07) is 10.8. The van der Waals surface area contributed by atoms with E-state index in [2.05, 4.69) is 4.98 Å². The molecule has 0 unspecified atom stereocenters. The van der Waals surface area contributed by atoms with Gasteiger partial charge in [0.1, 0.15) is 11.2 Å². The van der Waals surface area contributed by atoms with Crippen molar-refractivity contribution in [1.29, 1.82) is 0 Å². The molecule has 4 rings (SSSR count). The molecule has 1 aliphatic heterocycles. The molecule has 0 radical (unpaired) electrons. The lowest BCUT2D eigenvalue weighted by Crippen LogP contribution is -2.26. The molecule has 5 nitrogen and oxygen atoms in total. The van der Waals surface area contributed by atoms with Gasteiger partial charge in [0.25, 0.3) is 5.56 Å². The van der Waals surface area contributed by atoms with Crippen LogP contribution in [-0.2, 0) is 13.0 Å². The van der Waals surface area contributed by atoms with Crippen LogP contribution in [0.1, 0.15) is 23.0 Å². The van der Waals surface area contributed by atoms with E-state index in [1.165, 1.54) is 13.0 Å². The summed E-state index contributed by atoms with van der Waals surface area (Å²) in [7, 11) is 0. The minimum absolute atomic E-state index is 0.0464. The lowest BCUT2D eigenvalue weighted by atomic mass is 9.96. The van der Waals surface area contributed by atoms with Gasteiger partial charge in [-0.3, -0.25) is 9.59 Å². The molecular formula is C18H14N2O3. The standard InChI is InChI=1S/C18H14N2O3/c1-10(21)14-7-6-13-15(19-14)17(22)16-12-5-3-2-4-11(12)8-9-20(16)18(13)23/h2-7,22H,8-9H2,1H3. The number of rotatable bonds is 1. The molecule has 0 bridgehead atoms. The molecule has 3 aromatic rings. The number of aryl methyl sites for hydroxylation is 1. The summed E-state index contributed by atoms with van der Waals surface area (Å²) >= 11 is 0. The van der Waals surface area contributed by atoms with E-state index in [-0.39, 0.29) is 28.3 Å². The summed E-state index contributed by atoms with van der Waals surface area (Å²) in [5.74, 6) is -0.251. The zero-order valence-corrected chi connectivity index (χ0v) is 12.5. The topological polar surface area (TPSA) is 72.2 Å². The summed E-state index contributed by atoms with van der Waals surface area (Å²) in [5, 5.41) is 11.1. The number of Topliss-reactive ketones (excluding diaryl/α,β-unsaturated/α-hetero) is 1. The van der Waals surface area contributed by atoms with Gasteiger partial charge < -0.3 is 9.67 Å². The van der Waals surface area contributed by atoms with E-state index in [1.807, 2.05) is 24.3 Å². The Morgan fingerprint density at radius 2 is 2.00 bits per heavy atom. The number of ketones is 1. The Hall–Kier alpha value is -2.95. The zero-order valence-electron chi connectivity index (χ0n) is 12.5. The highest BCUT2D eigenvalue weighted by Crippen LogP contribution is 2.37. The smallest absolute Gasteiger partial charge is 0.260 e. The van der Waals surface area contributed by atoms with Crippen LogP contribution >= 0.6 is 0 Å². The van der Waals surface area contributed by atoms with Gasteiger partial charge >= 0.3 is 0 Å². The van der Waals surface area contributed by atoms with Crippen LogP contribution in [-0.4, -0.2) is 20.4 Å². The predicted octanol–water partition coefficient (Wildman–Crippen LogP) is 2.53. The van der Waals surface area contributed by atoms with Crippen molar-refractivity contribution in [2.24, 2.45) is 0 Å². The first-order valence-electron chi connectivity index (χ1n) is 7.43. The average molecular weight is 306 g/mol. The maximum Gasteiger partial charge on any atom is 0.260 e. The van der Waals surface area contributed by atoms with E-state index in [9.17, 15) is 14.7 Å². The minimum Gasteiger partial charge on any atom is -0.504 e. The normalized spacial score (nSPS) is 12.7. The molecule has 0 saturated heterocycles. The number of hydrogen-bond donors (Lipinski definition) is 1. The fraction of sp³-hybridized carbons (Fsp3) is 0.167. The number of pyridine rings is 2. The van der Waals surface area contributed by atoms with Crippen LogP contribution in [0.3, 0.4) is 0 Å². The number of carbonyl (C=O) groups excluding carboxylic acids is 1. The van der Waals surface area contributed by atoms with Gasteiger partial charge in [-0.25, -0.2) is 4.98 Å². The van der Waals surface area contributed by atoms with E-state index in [4.69, 9.17) is 0 Å². The summed E-state index contributed by atoms with van der Waals surface area (Å²) in [6.07, 6.45) is 0.743. The van der Waals surface area contributed by atoms with Gasteiger partial charge in [-0.2, -0.15) is 0 Å². The molecule has 5 heteroatoms. The quantitative estimate of drug-likeness (QED) is 0.701. The minimum atomic E-state index is -0.204. The molecule has 1 aliphatic rings. The van der Waals surface area contributed by atoms with Crippen LogP contribution in [0.5, 0.6) is 5.75 Å². The lowest BCUT2D eigenvalue weighted by molar-refractivity contribution is 0.101. The summed E-state index contributed by atoms with van der Waals surface area (Å²) in [6.45, 7) is 1.93. The monoisotopic (exact) mass is 306 g/mol. The van der Waals surface area contributed by atoms with Crippen LogP contribution in [0.15, 0.2) is 41.2 Å². The molecule has 0 spiro atoms. The molecule has 23 heavy (non-hydrogen) atoms. The van der Waals surface area contributed by atoms with Crippen molar-refractivity contribution in [3.05, 3.63) is 58.0 Å². The molecule has 0 saturated carbocycles. The zero-order chi connectivity index (χ0) is 16.1. The van der Waals surface area contributed by atoms with Gasteiger partial charge in [-0.1, -0.05) is 24.3 Å². The van der Waals surface area contributed by atoms with Gasteiger partial charge in [-0.15, -0.1) is 0 Å². The Labute approximate surface area is 131 Å². The fourth-order valence-electron chi connectivity index (χ4n) is 3.18. The van der Waals surface area contributed by atoms with Crippen LogP contribution in [0, 0.1) is 0 Å². The van der Waals surface area contributed by atoms with Crippen molar-refractivity contribution in [2.45, 2.75) is 19.9 Å². The third-order valence-electron chi connectivity index (χ3n) is 4.33. The third kappa shape index (κ3) is 1.90. The van der Waals surface area contributed by atoms with E-state index in [1.54, 1.807) is 10.6 Å². The Balaban J connectivity index is 2.15. The van der Waals surface area contributed by atoms with E-state index in [0.717, 1.165) is 17.5 Å². The van der Waals surface area contributed by atoms with E-state index < -0.39 is 0 Å². The molecule has 1 aromatic carbocycles. The molecular weight excluding hydrogens is 292 g/mol. The van der Waals surface area contributed by atoms with Crippen molar-refractivity contribution < 1.29 is 9.90 Å². The Bertz CT molecular complexity index is 1030. The van der Waals surface area contributed by atoms with Crippen molar-refractivity contribution in [3.63, 3.8) is 0 Å².